The number of benzene rings is 1. The highest BCUT2D eigenvalue weighted by atomic mass is 35.5. The van der Waals surface area contributed by atoms with Crippen molar-refractivity contribution in [3.63, 3.8) is 0 Å². The average molecular weight is 389 g/mol. The van der Waals surface area contributed by atoms with E-state index < -0.39 is 0 Å². The van der Waals surface area contributed by atoms with Crippen molar-refractivity contribution in [2.24, 2.45) is 11.1 Å². The molecular formula is C20H25ClN4O2. The Morgan fingerprint density at radius 3 is 2.63 bits per heavy atom. The second-order valence-corrected chi connectivity index (χ2v) is 8.14. The van der Waals surface area contributed by atoms with E-state index in [1.807, 2.05) is 26.0 Å². The minimum absolute atomic E-state index is 0.0563. The number of anilines is 1. The van der Waals surface area contributed by atoms with Gasteiger partial charge >= 0.3 is 0 Å². The van der Waals surface area contributed by atoms with Gasteiger partial charge in [-0.05, 0) is 44.9 Å². The topological polar surface area (TPSA) is 73.4 Å². The normalized spacial score (nSPS) is 24.5. The highest BCUT2D eigenvalue weighted by molar-refractivity contribution is 6.30. The van der Waals surface area contributed by atoms with Gasteiger partial charge in [-0.2, -0.15) is 0 Å². The molecule has 2 aliphatic rings. The summed E-state index contributed by atoms with van der Waals surface area (Å²) in [6.07, 6.45) is 2.02. The van der Waals surface area contributed by atoms with Crippen LogP contribution in [0, 0.1) is 12.3 Å². The zero-order valence-corrected chi connectivity index (χ0v) is 16.4. The van der Waals surface area contributed by atoms with Crippen LogP contribution in [0.25, 0.3) is 5.69 Å². The molecule has 7 heteroatoms. The summed E-state index contributed by atoms with van der Waals surface area (Å²) in [6, 6.07) is 8.93. The molecule has 27 heavy (non-hydrogen) atoms. The van der Waals surface area contributed by atoms with Gasteiger partial charge in [-0.25, -0.2) is 4.98 Å². The number of ether oxygens (including phenoxy) is 1. The first-order chi connectivity index (χ1) is 12.9. The SMILES string of the molecule is Cc1nc(N2CCC3(CC2)CO[C@@H](C)[C@H]3N)cc(=O)n1-c1cccc(Cl)c1. The summed E-state index contributed by atoms with van der Waals surface area (Å²) >= 11 is 6.07. The first-order valence-electron chi connectivity index (χ1n) is 9.38. The molecule has 2 aromatic rings. The molecule has 2 saturated heterocycles. The lowest BCUT2D eigenvalue weighted by molar-refractivity contribution is 0.0974. The Morgan fingerprint density at radius 2 is 2.04 bits per heavy atom. The first kappa shape index (κ1) is 18.5. The summed E-state index contributed by atoms with van der Waals surface area (Å²) in [5.74, 6) is 1.38. The Morgan fingerprint density at radius 1 is 1.30 bits per heavy atom. The summed E-state index contributed by atoms with van der Waals surface area (Å²) < 4.78 is 7.38. The third-order valence-corrected chi connectivity index (χ3v) is 6.30. The average Bonchev–Trinajstić information content (AvgIpc) is 2.91. The number of hydrogen-bond donors (Lipinski definition) is 1. The van der Waals surface area contributed by atoms with Crippen LogP contribution in [-0.2, 0) is 4.74 Å². The predicted molar refractivity (Wildman–Crippen MR) is 107 cm³/mol. The van der Waals surface area contributed by atoms with Crippen molar-refractivity contribution < 1.29 is 4.74 Å². The first-order valence-corrected chi connectivity index (χ1v) is 9.76. The van der Waals surface area contributed by atoms with Crippen LogP contribution >= 0.6 is 11.6 Å². The standard InChI is InChI=1S/C20H25ClN4O2/c1-13-19(22)20(12-27-13)6-8-24(9-7-20)17-11-18(26)25(14(2)23-17)16-5-3-4-15(21)10-16/h3-5,10-11,13,19H,6-9,12,22H2,1-2H3/t13-,19+/m0/s1. The smallest absolute Gasteiger partial charge is 0.260 e. The summed E-state index contributed by atoms with van der Waals surface area (Å²) in [5, 5.41) is 0.591. The van der Waals surface area contributed by atoms with Crippen molar-refractivity contribution in [1.29, 1.82) is 0 Å². The van der Waals surface area contributed by atoms with Crippen LogP contribution in [0.15, 0.2) is 35.1 Å². The largest absolute Gasteiger partial charge is 0.376 e. The summed E-state index contributed by atoms with van der Waals surface area (Å²) in [6.45, 7) is 6.28. The lowest BCUT2D eigenvalue weighted by atomic mass is 9.73. The second kappa shape index (κ2) is 6.93. The number of rotatable bonds is 2. The van der Waals surface area contributed by atoms with E-state index in [2.05, 4.69) is 4.90 Å². The molecule has 0 amide bonds. The Bertz CT molecular complexity index is 905. The number of hydrogen-bond acceptors (Lipinski definition) is 5. The van der Waals surface area contributed by atoms with E-state index in [0.29, 0.717) is 10.8 Å². The van der Waals surface area contributed by atoms with Crippen LogP contribution in [0.1, 0.15) is 25.6 Å². The van der Waals surface area contributed by atoms with Gasteiger partial charge in [0.05, 0.1) is 18.4 Å². The molecule has 2 N–H and O–H groups in total. The number of halogens is 1. The van der Waals surface area contributed by atoms with Crippen molar-refractivity contribution >= 4 is 17.4 Å². The maximum absolute atomic E-state index is 12.8. The molecule has 1 aromatic carbocycles. The van der Waals surface area contributed by atoms with Crippen molar-refractivity contribution in [3.8, 4) is 5.69 Å². The Labute approximate surface area is 163 Å². The molecule has 2 fully saturated rings. The molecule has 0 unspecified atom stereocenters. The maximum Gasteiger partial charge on any atom is 0.260 e. The molecule has 0 radical (unpaired) electrons. The highest BCUT2D eigenvalue weighted by Gasteiger charge is 2.47. The molecular weight excluding hydrogens is 364 g/mol. The zero-order valence-electron chi connectivity index (χ0n) is 15.7. The lowest BCUT2D eigenvalue weighted by Crippen LogP contribution is -2.51. The highest BCUT2D eigenvalue weighted by Crippen LogP contribution is 2.41. The summed E-state index contributed by atoms with van der Waals surface area (Å²) in [4.78, 5) is 19.6. The molecule has 0 aliphatic carbocycles. The second-order valence-electron chi connectivity index (χ2n) is 7.71. The van der Waals surface area contributed by atoms with Crippen LogP contribution in [0.5, 0.6) is 0 Å². The molecule has 2 aliphatic heterocycles. The van der Waals surface area contributed by atoms with Crippen LogP contribution in [0.2, 0.25) is 5.02 Å². The number of aromatic nitrogens is 2. The van der Waals surface area contributed by atoms with E-state index >= 15 is 0 Å². The monoisotopic (exact) mass is 388 g/mol. The number of nitrogens with two attached hydrogens (primary N) is 1. The van der Waals surface area contributed by atoms with Gasteiger partial charge in [0, 0.05) is 35.6 Å². The van der Waals surface area contributed by atoms with Gasteiger partial charge in [-0.1, -0.05) is 17.7 Å². The molecule has 144 valence electrons. The van der Waals surface area contributed by atoms with Gasteiger partial charge < -0.3 is 15.4 Å². The van der Waals surface area contributed by atoms with Gasteiger partial charge in [0.1, 0.15) is 11.6 Å². The predicted octanol–water partition coefficient (Wildman–Crippen LogP) is 2.53. The minimum atomic E-state index is -0.102. The fourth-order valence-electron chi connectivity index (χ4n) is 4.33. The van der Waals surface area contributed by atoms with Crippen molar-refractivity contribution in [2.75, 3.05) is 24.6 Å². The van der Waals surface area contributed by atoms with Gasteiger partial charge in [0.2, 0.25) is 0 Å². The van der Waals surface area contributed by atoms with E-state index in [0.717, 1.165) is 44.0 Å². The van der Waals surface area contributed by atoms with Crippen LogP contribution in [-0.4, -0.2) is 41.4 Å². The van der Waals surface area contributed by atoms with Gasteiger partial charge in [0.25, 0.3) is 5.56 Å². The van der Waals surface area contributed by atoms with E-state index in [4.69, 9.17) is 27.1 Å². The Hall–Kier alpha value is -1.89. The molecule has 6 nitrogen and oxygen atoms in total. The number of nitrogens with zero attached hydrogens (tertiary/aromatic N) is 3. The zero-order chi connectivity index (χ0) is 19.2. The van der Waals surface area contributed by atoms with Crippen LogP contribution in [0.4, 0.5) is 5.82 Å². The van der Waals surface area contributed by atoms with E-state index in [9.17, 15) is 4.79 Å². The third-order valence-electron chi connectivity index (χ3n) is 6.07. The maximum atomic E-state index is 12.8. The van der Waals surface area contributed by atoms with Crippen molar-refractivity contribution in [2.45, 2.75) is 38.8 Å². The quantitative estimate of drug-likeness (QED) is 0.855. The van der Waals surface area contributed by atoms with Crippen molar-refractivity contribution in [3.05, 3.63) is 51.5 Å². The van der Waals surface area contributed by atoms with Gasteiger partial charge in [-0.3, -0.25) is 9.36 Å². The van der Waals surface area contributed by atoms with E-state index in [1.165, 1.54) is 0 Å². The van der Waals surface area contributed by atoms with Crippen molar-refractivity contribution in [1.82, 2.24) is 9.55 Å². The molecule has 4 rings (SSSR count). The summed E-state index contributed by atoms with van der Waals surface area (Å²) in [5.41, 5.74) is 7.07. The fraction of sp³-hybridized carbons (Fsp3) is 0.500. The Balaban J connectivity index is 1.57. The molecule has 3 heterocycles. The molecule has 0 bridgehead atoms. The third kappa shape index (κ3) is 3.26. The minimum Gasteiger partial charge on any atom is -0.376 e. The van der Waals surface area contributed by atoms with E-state index in [1.54, 1.807) is 22.8 Å². The summed E-state index contributed by atoms with van der Waals surface area (Å²) in [7, 11) is 0. The van der Waals surface area contributed by atoms with Crippen LogP contribution in [0.3, 0.4) is 0 Å². The molecule has 2 atom stereocenters. The molecule has 0 saturated carbocycles. The number of aryl methyl sites for hydroxylation is 1. The number of piperidine rings is 1. The lowest BCUT2D eigenvalue weighted by Gasteiger charge is -2.41. The fourth-order valence-corrected chi connectivity index (χ4v) is 4.51. The van der Waals surface area contributed by atoms with Crippen LogP contribution < -0.4 is 16.2 Å². The van der Waals surface area contributed by atoms with Gasteiger partial charge in [0.15, 0.2) is 0 Å². The van der Waals surface area contributed by atoms with E-state index in [-0.39, 0.29) is 23.1 Å². The molecule has 1 aromatic heterocycles. The van der Waals surface area contributed by atoms with Gasteiger partial charge in [-0.15, -0.1) is 0 Å². The molecule has 1 spiro atoms. The Kier molecular flexibility index (Phi) is 4.74.